The maximum absolute atomic E-state index is 12.0. The van der Waals surface area contributed by atoms with E-state index in [1.807, 2.05) is 30.3 Å². The van der Waals surface area contributed by atoms with Crippen molar-refractivity contribution in [1.82, 2.24) is 15.2 Å². The summed E-state index contributed by atoms with van der Waals surface area (Å²) in [6, 6.07) is 13.0. The van der Waals surface area contributed by atoms with Gasteiger partial charge in [0.25, 0.3) is 5.91 Å². The minimum absolute atomic E-state index is 0.0307. The Morgan fingerprint density at radius 2 is 1.90 bits per heavy atom. The first kappa shape index (κ1) is 14.7. The highest BCUT2D eigenvalue weighted by Gasteiger charge is 2.11. The minimum atomic E-state index is -0.301. The van der Waals surface area contributed by atoms with Crippen molar-refractivity contribution < 1.29 is 9.59 Å². The van der Waals surface area contributed by atoms with E-state index in [0.717, 1.165) is 5.56 Å². The van der Waals surface area contributed by atoms with Crippen LogP contribution < -0.4 is 5.32 Å². The van der Waals surface area contributed by atoms with E-state index in [1.165, 1.54) is 6.20 Å². The molecule has 21 heavy (non-hydrogen) atoms. The van der Waals surface area contributed by atoms with Crippen LogP contribution in [-0.4, -0.2) is 35.3 Å². The topological polar surface area (TPSA) is 62.3 Å². The van der Waals surface area contributed by atoms with Crippen LogP contribution in [0.4, 0.5) is 0 Å². The summed E-state index contributed by atoms with van der Waals surface area (Å²) in [6.07, 6.45) is 3.06. The second-order valence-electron chi connectivity index (χ2n) is 4.66. The zero-order chi connectivity index (χ0) is 15.1. The Labute approximate surface area is 123 Å². The van der Waals surface area contributed by atoms with Gasteiger partial charge in [-0.3, -0.25) is 14.6 Å². The lowest BCUT2D eigenvalue weighted by atomic mass is 10.2. The summed E-state index contributed by atoms with van der Waals surface area (Å²) in [5.41, 5.74) is 1.49. The van der Waals surface area contributed by atoms with E-state index < -0.39 is 0 Å². The van der Waals surface area contributed by atoms with E-state index >= 15 is 0 Å². The number of pyridine rings is 1. The third-order valence-corrected chi connectivity index (χ3v) is 3.01. The number of nitrogens with zero attached hydrogens (tertiary/aromatic N) is 2. The van der Waals surface area contributed by atoms with Gasteiger partial charge in [-0.2, -0.15) is 0 Å². The van der Waals surface area contributed by atoms with E-state index in [0.29, 0.717) is 12.1 Å². The number of hydrogen-bond acceptors (Lipinski definition) is 3. The molecule has 0 fully saturated rings. The van der Waals surface area contributed by atoms with Crippen molar-refractivity contribution in [3.63, 3.8) is 0 Å². The molecule has 0 aliphatic carbocycles. The Morgan fingerprint density at radius 3 is 2.57 bits per heavy atom. The van der Waals surface area contributed by atoms with Crippen LogP contribution >= 0.6 is 0 Å². The van der Waals surface area contributed by atoms with Crippen molar-refractivity contribution in [2.75, 3.05) is 13.6 Å². The highest BCUT2D eigenvalue weighted by molar-refractivity contribution is 5.96. The Kier molecular flexibility index (Phi) is 5.04. The molecule has 0 saturated heterocycles. The number of amides is 2. The summed E-state index contributed by atoms with van der Waals surface area (Å²) in [6.45, 7) is 0.486. The molecule has 2 rings (SSSR count). The van der Waals surface area contributed by atoms with Gasteiger partial charge in [0.2, 0.25) is 5.91 Å². The van der Waals surface area contributed by atoms with E-state index in [9.17, 15) is 9.59 Å². The zero-order valence-electron chi connectivity index (χ0n) is 11.8. The molecule has 1 aromatic carbocycles. The van der Waals surface area contributed by atoms with Gasteiger partial charge in [0, 0.05) is 26.0 Å². The van der Waals surface area contributed by atoms with Gasteiger partial charge in [-0.25, -0.2) is 0 Å². The van der Waals surface area contributed by atoms with Crippen LogP contribution in [0.15, 0.2) is 54.9 Å². The predicted molar refractivity (Wildman–Crippen MR) is 79.5 cm³/mol. The summed E-state index contributed by atoms with van der Waals surface area (Å²) in [5, 5.41) is 2.60. The van der Waals surface area contributed by atoms with Gasteiger partial charge < -0.3 is 10.2 Å². The van der Waals surface area contributed by atoms with E-state index in [-0.39, 0.29) is 18.4 Å². The van der Waals surface area contributed by atoms with Crippen molar-refractivity contribution in [1.29, 1.82) is 0 Å². The molecule has 2 amide bonds. The molecule has 0 aliphatic heterocycles. The fraction of sp³-hybridized carbons (Fsp3) is 0.188. The van der Waals surface area contributed by atoms with Gasteiger partial charge in [-0.05, 0) is 17.7 Å². The molecular weight excluding hydrogens is 266 g/mol. The summed E-state index contributed by atoms with van der Waals surface area (Å²) in [5.74, 6) is -0.444. The van der Waals surface area contributed by atoms with Gasteiger partial charge in [-0.15, -0.1) is 0 Å². The Balaban J connectivity index is 1.83. The highest BCUT2D eigenvalue weighted by atomic mass is 16.2. The van der Waals surface area contributed by atoms with Gasteiger partial charge in [-0.1, -0.05) is 30.3 Å². The fourth-order valence-corrected chi connectivity index (χ4v) is 1.84. The Morgan fingerprint density at radius 1 is 1.14 bits per heavy atom. The maximum atomic E-state index is 12.0. The lowest BCUT2D eigenvalue weighted by Crippen LogP contribution is -2.37. The zero-order valence-corrected chi connectivity index (χ0v) is 11.8. The van der Waals surface area contributed by atoms with Crippen molar-refractivity contribution in [3.05, 3.63) is 66.0 Å². The number of benzene rings is 1. The summed E-state index contributed by atoms with van der Waals surface area (Å²) >= 11 is 0. The average molecular weight is 283 g/mol. The first-order chi connectivity index (χ1) is 10.2. The largest absolute Gasteiger partial charge is 0.343 e. The number of rotatable bonds is 5. The number of carbonyl (C=O) groups excluding carboxylic acids is 2. The van der Waals surface area contributed by atoms with E-state index in [4.69, 9.17) is 0 Å². The molecule has 108 valence electrons. The Hall–Kier alpha value is -2.69. The second-order valence-corrected chi connectivity index (χ2v) is 4.66. The van der Waals surface area contributed by atoms with Crippen LogP contribution in [0.5, 0.6) is 0 Å². The van der Waals surface area contributed by atoms with Crippen LogP contribution in [0.25, 0.3) is 0 Å². The number of carbonyl (C=O) groups is 2. The molecule has 1 N–H and O–H groups in total. The molecule has 0 bridgehead atoms. The summed E-state index contributed by atoms with van der Waals surface area (Å²) < 4.78 is 0. The fourth-order valence-electron chi connectivity index (χ4n) is 1.84. The number of likely N-dealkylation sites (N-methyl/N-ethyl adjacent to an activating group) is 1. The Bertz CT molecular complexity index is 599. The van der Waals surface area contributed by atoms with Crippen LogP contribution in [-0.2, 0) is 11.3 Å². The summed E-state index contributed by atoms with van der Waals surface area (Å²) in [7, 11) is 1.71. The van der Waals surface area contributed by atoms with Crippen LogP contribution in [0, 0.1) is 0 Å². The van der Waals surface area contributed by atoms with Gasteiger partial charge in [0.05, 0.1) is 12.1 Å². The first-order valence-electron chi connectivity index (χ1n) is 6.63. The number of nitrogens with one attached hydrogen (secondary N) is 1. The summed E-state index contributed by atoms with van der Waals surface area (Å²) in [4.78, 5) is 29.2. The van der Waals surface area contributed by atoms with E-state index in [1.54, 1.807) is 30.3 Å². The predicted octanol–water partition coefficient (Wildman–Crippen LogP) is 1.47. The standard InChI is InChI=1S/C16H17N3O2/c1-19(12-13-6-3-2-4-7-13)15(20)11-18-16(21)14-8-5-9-17-10-14/h2-10H,11-12H2,1H3,(H,18,21). The third-order valence-electron chi connectivity index (χ3n) is 3.01. The number of aromatic nitrogens is 1. The number of hydrogen-bond donors (Lipinski definition) is 1. The minimum Gasteiger partial charge on any atom is -0.343 e. The van der Waals surface area contributed by atoms with Gasteiger partial charge in [0.1, 0.15) is 0 Å². The van der Waals surface area contributed by atoms with Crippen molar-refractivity contribution in [2.45, 2.75) is 6.54 Å². The highest BCUT2D eigenvalue weighted by Crippen LogP contribution is 2.02. The molecule has 0 spiro atoms. The molecule has 0 radical (unpaired) electrons. The molecule has 1 heterocycles. The molecule has 0 unspecified atom stereocenters. The van der Waals surface area contributed by atoms with Gasteiger partial charge >= 0.3 is 0 Å². The molecule has 0 atom stereocenters. The first-order valence-corrected chi connectivity index (χ1v) is 6.63. The molecule has 2 aromatic rings. The second kappa shape index (κ2) is 7.19. The lowest BCUT2D eigenvalue weighted by Gasteiger charge is -2.17. The van der Waals surface area contributed by atoms with Crippen LogP contribution in [0.3, 0.4) is 0 Å². The SMILES string of the molecule is CN(Cc1ccccc1)C(=O)CNC(=O)c1cccnc1. The smallest absolute Gasteiger partial charge is 0.253 e. The maximum Gasteiger partial charge on any atom is 0.253 e. The quantitative estimate of drug-likeness (QED) is 0.904. The van der Waals surface area contributed by atoms with Crippen molar-refractivity contribution in [3.8, 4) is 0 Å². The average Bonchev–Trinajstić information content (AvgIpc) is 2.54. The van der Waals surface area contributed by atoms with Gasteiger partial charge in [0.15, 0.2) is 0 Å². The lowest BCUT2D eigenvalue weighted by molar-refractivity contribution is -0.129. The van der Waals surface area contributed by atoms with Crippen molar-refractivity contribution >= 4 is 11.8 Å². The van der Waals surface area contributed by atoms with Crippen molar-refractivity contribution in [2.24, 2.45) is 0 Å². The molecule has 5 heteroatoms. The molecule has 0 saturated carbocycles. The van der Waals surface area contributed by atoms with E-state index in [2.05, 4.69) is 10.3 Å². The molecule has 1 aromatic heterocycles. The molecule has 5 nitrogen and oxygen atoms in total. The van der Waals surface area contributed by atoms with Crippen LogP contribution in [0.2, 0.25) is 0 Å². The molecule has 0 aliphatic rings. The molecular formula is C16H17N3O2. The van der Waals surface area contributed by atoms with Crippen LogP contribution in [0.1, 0.15) is 15.9 Å². The monoisotopic (exact) mass is 283 g/mol. The normalized spacial score (nSPS) is 9.95. The third kappa shape index (κ3) is 4.42.